The van der Waals surface area contributed by atoms with Crippen LogP contribution in [0.5, 0.6) is 0 Å². The van der Waals surface area contributed by atoms with Crippen LogP contribution < -0.4 is 4.72 Å². The van der Waals surface area contributed by atoms with Crippen LogP contribution in [0.15, 0.2) is 53.4 Å². The second-order valence-corrected chi connectivity index (χ2v) is 9.23. The van der Waals surface area contributed by atoms with Crippen molar-refractivity contribution in [1.82, 2.24) is 4.72 Å². The van der Waals surface area contributed by atoms with E-state index in [9.17, 15) is 13.2 Å². The van der Waals surface area contributed by atoms with Crippen molar-refractivity contribution in [3.63, 3.8) is 0 Å². The molecule has 0 bridgehead atoms. The Morgan fingerprint density at radius 2 is 1.43 bits per heavy atom. The van der Waals surface area contributed by atoms with E-state index in [1.54, 1.807) is 32.9 Å². The number of carbonyl (C=O) groups excluding carboxylic acids is 1. The van der Waals surface area contributed by atoms with Crippen LogP contribution in [0.25, 0.3) is 0 Å². The molecule has 0 radical (unpaired) electrons. The van der Waals surface area contributed by atoms with Crippen LogP contribution in [0.1, 0.15) is 44.4 Å². The van der Waals surface area contributed by atoms with E-state index in [0.717, 1.165) is 11.1 Å². The second kappa shape index (κ2) is 8.59. The number of carbonyl (C=O) groups is 1. The summed E-state index contributed by atoms with van der Waals surface area (Å²) in [5.41, 5.74) is 2.05. The third kappa shape index (κ3) is 6.52. The summed E-state index contributed by atoms with van der Waals surface area (Å²) >= 11 is 0. The molecular formula is C22H25NO4S. The van der Waals surface area contributed by atoms with Crippen molar-refractivity contribution >= 4 is 16.0 Å². The van der Waals surface area contributed by atoms with Gasteiger partial charge in [0, 0.05) is 11.1 Å². The maximum absolute atomic E-state index is 12.5. The molecule has 0 aliphatic rings. The molecule has 0 fully saturated rings. The highest BCUT2D eigenvalue weighted by Gasteiger charge is 2.26. The Hall–Kier alpha value is -2.62. The predicted molar refractivity (Wildman–Crippen MR) is 109 cm³/mol. The first-order valence-electron chi connectivity index (χ1n) is 8.90. The smallest absolute Gasteiger partial charge is 0.324 e. The topological polar surface area (TPSA) is 72.5 Å². The van der Waals surface area contributed by atoms with Crippen LogP contribution in [0, 0.1) is 18.8 Å². The number of sulfonamides is 1. The second-order valence-electron chi connectivity index (χ2n) is 7.52. The summed E-state index contributed by atoms with van der Waals surface area (Å²) in [5.74, 6) is 5.42. The lowest BCUT2D eigenvalue weighted by atomic mass is 10.1. The molecule has 0 aliphatic heterocycles. The minimum absolute atomic E-state index is 0.0591. The molecule has 0 saturated heterocycles. The van der Waals surface area contributed by atoms with E-state index in [2.05, 4.69) is 16.6 Å². The molecule has 0 saturated carbocycles. The Bertz CT molecular complexity index is 990. The van der Waals surface area contributed by atoms with Gasteiger partial charge < -0.3 is 4.74 Å². The molecule has 1 atom stereocenters. The minimum atomic E-state index is -3.85. The van der Waals surface area contributed by atoms with E-state index in [-0.39, 0.29) is 4.90 Å². The fourth-order valence-corrected chi connectivity index (χ4v) is 3.43. The summed E-state index contributed by atoms with van der Waals surface area (Å²) in [6, 6.07) is 13.0. The molecule has 2 rings (SSSR count). The lowest BCUT2D eigenvalue weighted by Crippen LogP contribution is -2.42. The zero-order valence-corrected chi connectivity index (χ0v) is 17.6. The standard InChI is InChI=1S/C22H25NO4S/c1-16-6-8-18(9-7-16)10-11-19-12-14-20(15-13-19)28(25,26)23-17(2)21(24)27-22(3,4)5/h6-9,12-15,17,23H,1-5H3/t17-/m0/s1. The number of rotatable bonds is 4. The molecule has 0 unspecified atom stereocenters. The Morgan fingerprint density at radius 1 is 0.964 bits per heavy atom. The molecule has 148 valence electrons. The highest BCUT2D eigenvalue weighted by Crippen LogP contribution is 2.13. The van der Waals surface area contributed by atoms with E-state index in [1.165, 1.54) is 19.1 Å². The molecule has 1 N–H and O–H groups in total. The van der Waals surface area contributed by atoms with Gasteiger partial charge >= 0.3 is 5.97 Å². The maximum atomic E-state index is 12.5. The van der Waals surface area contributed by atoms with Crippen LogP contribution in [-0.2, 0) is 19.6 Å². The van der Waals surface area contributed by atoms with Gasteiger partial charge in [-0.2, -0.15) is 4.72 Å². The van der Waals surface area contributed by atoms with Gasteiger partial charge in [0.05, 0.1) is 4.90 Å². The quantitative estimate of drug-likeness (QED) is 0.632. The molecule has 0 aliphatic carbocycles. The van der Waals surface area contributed by atoms with Crippen LogP contribution in [0.3, 0.4) is 0 Å². The predicted octanol–water partition coefficient (Wildman–Crippen LogP) is 3.40. The number of hydrogen-bond donors (Lipinski definition) is 1. The third-order valence-corrected chi connectivity index (χ3v) is 5.22. The van der Waals surface area contributed by atoms with Gasteiger partial charge in [-0.1, -0.05) is 29.5 Å². The normalized spacial score (nSPS) is 12.6. The lowest BCUT2D eigenvalue weighted by molar-refractivity contribution is -0.156. The molecule has 0 amide bonds. The number of ether oxygens (including phenoxy) is 1. The molecule has 2 aromatic carbocycles. The van der Waals surface area contributed by atoms with Gasteiger partial charge in [-0.3, -0.25) is 4.79 Å². The number of aryl methyl sites for hydroxylation is 1. The molecule has 0 spiro atoms. The van der Waals surface area contributed by atoms with Crippen molar-refractivity contribution in [1.29, 1.82) is 0 Å². The van der Waals surface area contributed by atoms with Crippen molar-refractivity contribution < 1.29 is 17.9 Å². The van der Waals surface area contributed by atoms with Crippen LogP contribution in [0.2, 0.25) is 0 Å². The van der Waals surface area contributed by atoms with Gasteiger partial charge in [-0.05, 0) is 71.0 Å². The van der Waals surface area contributed by atoms with Gasteiger partial charge in [0.25, 0.3) is 0 Å². The fraction of sp³-hybridized carbons (Fsp3) is 0.318. The number of hydrogen-bond acceptors (Lipinski definition) is 4. The molecule has 5 nitrogen and oxygen atoms in total. The van der Waals surface area contributed by atoms with E-state index < -0.39 is 27.6 Å². The van der Waals surface area contributed by atoms with E-state index in [0.29, 0.717) is 5.56 Å². The fourth-order valence-electron chi connectivity index (χ4n) is 2.24. The molecule has 0 heterocycles. The minimum Gasteiger partial charge on any atom is -0.459 e. The zero-order valence-electron chi connectivity index (χ0n) is 16.7. The largest absolute Gasteiger partial charge is 0.459 e. The molecule has 2 aromatic rings. The van der Waals surface area contributed by atoms with E-state index in [4.69, 9.17) is 4.74 Å². The average Bonchev–Trinajstić information content (AvgIpc) is 2.60. The average molecular weight is 400 g/mol. The number of benzene rings is 2. The Balaban J connectivity index is 2.09. The molecule has 28 heavy (non-hydrogen) atoms. The summed E-state index contributed by atoms with van der Waals surface area (Å²) in [7, 11) is -3.85. The summed E-state index contributed by atoms with van der Waals surface area (Å²) < 4.78 is 32.5. The van der Waals surface area contributed by atoms with Gasteiger partial charge in [0.15, 0.2) is 0 Å². The van der Waals surface area contributed by atoms with E-state index >= 15 is 0 Å². The van der Waals surface area contributed by atoms with Gasteiger partial charge in [0.1, 0.15) is 11.6 Å². The highest BCUT2D eigenvalue weighted by molar-refractivity contribution is 7.89. The van der Waals surface area contributed by atoms with Gasteiger partial charge in [-0.25, -0.2) is 8.42 Å². The summed E-state index contributed by atoms with van der Waals surface area (Å²) in [4.78, 5) is 12.1. The monoisotopic (exact) mass is 399 g/mol. The lowest BCUT2D eigenvalue weighted by Gasteiger charge is -2.22. The molecule has 0 aromatic heterocycles. The SMILES string of the molecule is Cc1ccc(C#Cc2ccc(S(=O)(=O)N[C@@H](C)C(=O)OC(C)(C)C)cc2)cc1. The van der Waals surface area contributed by atoms with Crippen molar-refractivity contribution in [2.24, 2.45) is 0 Å². The van der Waals surface area contributed by atoms with Crippen LogP contribution >= 0.6 is 0 Å². The molecule has 6 heteroatoms. The number of esters is 1. The van der Waals surface area contributed by atoms with Gasteiger partial charge in [0.2, 0.25) is 10.0 Å². The zero-order chi connectivity index (χ0) is 20.9. The van der Waals surface area contributed by atoms with Crippen molar-refractivity contribution in [3.8, 4) is 11.8 Å². The first-order chi connectivity index (χ1) is 13.0. The van der Waals surface area contributed by atoms with Crippen molar-refractivity contribution in [2.45, 2.75) is 51.2 Å². The Labute approximate surface area is 167 Å². The summed E-state index contributed by atoms with van der Waals surface area (Å²) in [6.07, 6.45) is 0. The number of nitrogens with one attached hydrogen (secondary N) is 1. The Kier molecular flexibility index (Phi) is 6.65. The third-order valence-electron chi connectivity index (χ3n) is 3.66. The summed E-state index contributed by atoms with van der Waals surface area (Å²) in [6.45, 7) is 8.63. The maximum Gasteiger partial charge on any atom is 0.324 e. The van der Waals surface area contributed by atoms with Gasteiger partial charge in [-0.15, -0.1) is 0 Å². The van der Waals surface area contributed by atoms with Crippen molar-refractivity contribution in [2.75, 3.05) is 0 Å². The van der Waals surface area contributed by atoms with Crippen LogP contribution in [-0.4, -0.2) is 26.0 Å². The van der Waals surface area contributed by atoms with Crippen molar-refractivity contribution in [3.05, 3.63) is 65.2 Å². The Morgan fingerprint density at radius 3 is 1.89 bits per heavy atom. The molecular weight excluding hydrogens is 374 g/mol. The first kappa shape index (κ1) is 21.7. The summed E-state index contributed by atoms with van der Waals surface area (Å²) in [5, 5.41) is 0. The van der Waals surface area contributed by atoms with Crippen LogP contribution in [0.4, 0.5) is 0 Å². The highest BCUT2D eigenvalue weighted by atomic mass is 32.2. The van der Waals surface area contributed by atoms with E-state index in [1.807, 2.05) is 31.2 Å². The first-order valence-corrected chi connectivity index (χ1v) is 10.4.